The Labute approximate surface area is 154 Å². The number of hydrogen-bond donors (Lipinski definition) is 1. The predicted octanol–water partition coefficient (Wildman–Crippen LogP) is 4.58. The highest BCUT2D eigenvalue weighted by molar-refractivity contribution is 6.04. The van der Waals surface area contributed by atoms with Crippen molar-refractivity contribution in [2.45, 2.75) is 6.54 Å². The van der Waals surface area contributed by atoms with E-state index in [1.54, 1.807) is 25.3 Å². The molecule has 3 aromatic carbocycles. The van der Waals surface area contributed by atoms with Crippen LogP contribution in [-0.2, 0) is 6.54 Å². The maximum Gasteiger partial charge on any atom is 0.255 e. The van der Waals surface area contributed by atoms with Gasteiger partial charge in [0.15, 0.2) is 0 Å². The second kappa shape index (κ2) is 8.21. The third-order valence-corrected chi connectivity index (χ3v) is 4.16. The number of ether oxygens (including phenoxy) is 1. The Bertz CT molecular complexity index is 861. The first-order chi connectivity index (χ1) is 12.7. The molecule has 0 unspecified atom stereocenters. The molecule has 0 aliphatic rings. The van der Waals surface area contributed by atoms with E-state index in [0.29, 0.717) is 11.3 Å². The summed E-state index contributed by atoms with van der Waals surface area (Å²) in [4.78, 5) is 14.5. The quantitative estimate of drug-likeness (QED) is 0.710. The van der Waals surface area contributed by atoms with Crippen LogP contribution in [0.25, 0.3) is 0 Å². The van der Waals surface area contributed by atoms with Crippen LogP contribution in [0.2, 0.25) is 0 Å². The van der Waals surface area contributed by atoms with Crippen molar-refractivity contribution in [1.29, 1.82) is 0 Å². The Morgan fingerprint density at radius 3 is 2.38 bits per heavy atom. The van der Waals surface area contributed by atoms with Crippen LogP contribution in [0.5, 0.6) is 5.75 Å². The lowest BCUT2D eigenvalue weighted by Crippen LogP contribution is -2.16. The third kappa shape index (κ3) is 4.42. The normalized spacial score (nSPS) is 10.2. The molecule has 4 nitrogen and oxygen atoms in total. The van der Waals surface area contributed by atoms with Gasteiger partial charge < -0.3 is 15.0 Å². The van der Waals surface area contributed by atoms with Crippen LogP contribution in [-0.4, -0.2) is 20.1 Å². The van der Waals surface area contributed by atoms with Crippen LogP contribution in [0.1, 0.15) is 15.9 Å². The average molecular weight is 346 g/mol. The van der Waals surface area contributed by atoms with E-state index in [9.17, 15) is 4.79 Å². The van der Waals surface area contributed by atoms with Crippen LogP contribution < -0.4 is 15.0 Å². The second-order valence-electron chi connectivity index (χ2n) is 6.07. The number of hydrogen-bond acceptors (Lipinski definition) is 3. The second-order valence-corrected chi connectivity index (χ2v) is 6.07. The molecule has 0 aliphatic heterocycles. The minimum atomic E-state index is -0.158. The molecule has 0 atom stereocenters. The van der Waals surface area contributed by atoms with Gasteiger partial charge in [-0.25, -0.2) is 0 Å². The molecule has 0 saturated heterocycles. The molecule has 0 radical (unpaired) electrons. The van der Waals surface area contributed by atoms with Crippen molar-refractivity contribution in [2.75, 3.05) is 24.4 Å². The number of carbonyl (C=O) groups excluding carboxylic acids is 1. The zero-order valence-corrected chi connectivity index (χ0v) is 15.0. The first-order valence-corrected chi connectivity index (χ1v) is 8.46. The lowest BCUT2D eigenvalue weighted by molar-refractivity contribution is 0.102. The van der Waals surface area contributed by atoms with Crippen molar-refractivity contribution in [3.05, 3.63) is 90.0 Å². The van der Waals surface area contributed by atoms with Gasteiger partial charge >= 0.3 is 0 Å². The van der Waals surface area contributed by atoms with Gasteiger partial charge in [-0.05, 0) is 48.0 Å². The molecule has 0 bridgehead atoms. The number of carbonyl (C=O) groups is 1. The van der Waals surface area contributed by atoms with Gasteiger partial charge in [-0.3, -0.25) is 4.79 Å². The SMILES string of the molecule is COc1cccc(C(=O)Nc2ccc(N(C)Cc3ccccc3)cc2)c1. The smallest absolute Gasteiger partial charge is 0.255 e. The summed E-state index contributed by atoms with van der Waals surface area (Å²) in [6, 6.07) is 25.3. The number of methoxy groups -OCH3 is 1. The highest BCUT2D eigenvalue weighted by atomic mass is 16.5. The van der Waals surface area contributed by atoms with Crippen molar-refractivity contribution in [1.82, 2.24) is 0 Å². The summed E-state index contributed by atoms with van der Waals surface area (Å²) in [5.41, 5.74) is 3.67. The molecule has 132 valence electrons. The molecule has 1 N–H and O–H groups in total. The topological polar surface area (TPSA) is 41.6 Å². The molecule has 4 heteroatoms. The summed E-state index contributed by atoms with van der Waals surface area (Å²) < 4.78 is 5.16. The number of nitrogens with one attached hydrogen (secondary N) is 1. The van der Waals surface area contributed by atoms with Gasteiger partial charge in [0.25, 0.3) is 5.91 Å². The Balaban J connectivity index is 1.64. The number of benzene rings is 3. The summed E-state index contributed by atoms with van der Waals surface area (Å²) >= 11 is 0. The van der Waals surface area contributed by atoms with E-state index in [-0.39, 0.29) is 5.91 Å². The molecule has 0 spiro atoms. The van der Waals surface area contributed by atoms with Crippen LogP contribution in [0.3, 0.4) is 0 Å². The Morgan fingerprint density at radius 1 is 0.962 bits per heavy atom. The van der Waals surface area contributed by atoms with E-state index < -0.39 is 0 Å². The first-order valence-electron chi connectivity index (χ1n) is 8.46. The average Bonchev–Trinajstić information content (AvgIpc) is 2.69. The van der Waals surface area contributed by atoms with Crippen LogP contribution in [0, 0.1) is 0 Å². The zero-order valence-electron chi connectivity index (χ0n) is 15.0. The van der Waals surface area contributed by atoms with Gasteiger partial charge in [-0.1, -0.05) is 36.4 Å². The third-order valence-electron chi connectivity index (χ3n) is 4.16. The maximum atomic E-state index is 12.4. The highest BCUT2D eigenvalue weighted by Crippen LogP contribution is 2.20. The van der Waals surface area contributed by atoms with Crippen molar-refractivity contribution in [2.24, 2.45) is 0 Å². The molecular weight excluding hydrogens is 324 g/mol. The van der Waals surface area contributed by atoms with Gasteiger partial charge in [0, 0.05) is 30.5 Å². The molecule has 26 heavy (non-hydrogen) atoms. The van der Waals surface area contributed by atoms with E-state index in [0.717, 1.165) is 17.9 Å². The number of rotatable bonds is 6. The fourth-order valence-corrected chi connectivity index (χ4v) is 2.72. The fraction of sp³-hybridized carbons (Fsp3) is 0.136. The van der Waals surface area contributed by atoms with Gasteiger partial charge in [0.2, 0.25) is 0 Å². The minimum absolute atomic E-state index is 0.158. The summed E-state index contributed by atoms with van der Waals surface area (Å²) in [6.45, 7) is 0.830. The lowest BCUT2D eigenvalue weighted by Gasteiger charge is -2.20. The van der Waals surface area contributed by atoms with Gasteiger partial charge in [-0.2, -0.15) is 0 Å². The highest BCUT2D eigenvalue weighted by Gasteiger charge is 2.08. The van der Waals surface area contributed by atoms with Crippen molar-refractivity contribution in [3.63, 3.8) is 0 Å². The van der Waals surface area contributed by atoms with Gasteiger partial charge in [0.05, 0.1) is 7.11 Å². The van der Waals surface area contributed by atoms with Gasteiger partial charge in [0.1, 0.15) is 5.75 Å². The van der Waals surface area contributed by atoms with Crippen LogP contribution in [0.15, 0.2) is 78.9 Å². The van der Waals surface area contributed by atoms with E-state index in [4.69, 9.17) is 4.74 Å². The van der Waals surface area contributed by atoms with Crippen molar-refractivity contribution < 1.29 is 9.53 Å². The molecule has 3 rings (SSSR count). The molecule has 0 fully saturated rings. The Morgan fingerprint density at radius 2 is 1.69 bits per heavy atom. The van der Waals surface area contributed by atoms with Crippen LogP contribution >= 0.6 is 0 Å². The first kappa shape index (κ1) is 17.5. The number of nitrogens with zero attached hydrogens (tertiary/aromatic N) is 1. The number of amides is 1. The lowest BCUT2D eigenvalue weighted by atomic mass is 10.2. The fourth-order valence-electron chi connectivity index (χ4n) is 2.72. The molecular formula is C22H22N2O2. The maximum absolute atomic E-state index is 12.4. The molecule has 0 saturated carbocycles. The molecule has 3 aromatic rings. The standard InChI is InChI=1S/C22H22N2O2/c1-24(16-17-7-4-3-5-8-17)20-13-11-19(12-14-20)23-22(25)18-9-6-10-21(15-18)26-2/h3-15H,16H2,1-2H3,(H,23,25). The van der Waals surface area contributed by atoms with E-state index in [1.165, 1.54) is 5.56 Å². The van der Waals surface area contributed by atoms with E-state index in [2.05, 4.69) is 29.4 Å². The van der Waals surface area contributed by atoms with E-state index in [1.807, 2.05) is 48.5 Å². The Hall–Kier alpha value is -3.27. The molecule has 0 aromatic heterocycles. The summed E-state index contributed by atoms with van der Waals surface area (Å²) in [5.74, 6) is 0.504. The predicted molar refractivity (Wildman–Crippen MR) is 106 cm³/mol. The molecule has 1 amide bonds. The van der Waals surface area contributed by atoms with Crippen molar-refractivity contribution >= 4 is 17.3 Å². The number of anilines is 2. The minimum Gasteiger partial charge on any atom is -0.497 e. The summed E-state index contributed by atoms with van der Waals surface area (Å²) in [5, 5.41) is 2.91. The largest absolute Gasteiger partial charge is 0.497 e. The summed E-state index contributed by atoms with van der Waals surface area (Å²) in [6.07, 6.45) is 0. The Kier molecular flexibility index (Phi) is 5.54. The van der Waals surface area contributed by atoms with E-state index >= 15 is 0 Å². The summed E-state index contributed by atoms with van der Waals surface area (Å²) in [7, 11) is 3.64. The molecule has 0 aliphatic carbocycles. The van der Waals surface area contributed by atoms with Crippen molar-refractivity contribution in [3.8, 4) is 5.75 Å². The zero-order chi connectivity index (χ0) is 18.4. The monoisotopic (exact) mass is 346 g/mol. The van der Waals surface area contributed by atoms with Gasteiger partial charge in [-0.15, -0.1) is 0 Å². The molecule has 0 heterocycles. The van der Waals surface area contributed by atoms with Crippen LogP contribution in [0.4, 0.5) is 11.4 Å².